The summed E-state index contributed by atoms with van der Waals surface area (Å²) in [6.45, 7) is 4.29. The van der Waals surface area contributed by atoms with Crippen molar-refractivity contribution in [3.8, 4) is 5.75 Å². The van der Waals surface area contributed by atoms with Gasteiger partial charge in [-0.3, -0.25) is 0 Å². The minimum absolute atomic E-state index is 0. The molecular weight excluding hydrogens is 347 g/mol. The second-order valence-electron chi connectivity index (χ2n) is 6.31. The van der Waals surface area contributed by atoms with Crippen molar-refractivity contribution in [2.45, 2.75) is 78.1 Å². The molecule has 0 fully saturated rings. The molecule has 0 saturated carbocycles. The summed E-state index contributed by atoms with van der Waals surface area (Å²) in [6, 6.07) is 6.91. The molecule has 0 aliphatic heterocycles. The fraction of sp³-hybridized carbons (Fsp3) is 0.684. The molecule has 0 N–H and O–H groups in total. The van der Waals surface area contributed by atoms with E-state index in [1.807, 2.05) is 13.0 Å². The summed E-state index contributed by atoms with van der Waals surface area (Å²) in [5.41, 5.74) is 0.942. The molecule has 0 atom stereocenters. The molecule has 1 aromatic carbocycles. The molecule has 0 aromatic heterocycles. The van der Waals surface area contributed by atoms with E-state index >= 15 is 0 Å². The van der Waals surface area contributed by atoms with Crippen LogP contribution in [-0.2, 0) is 14.6 Å². The Morgan fingerprint density at radius 2 is 1.44 bits per heavy atom. The molecule has 0 heterocycles. The van der Waals surface area contributed by atoms with Crippen molar-refractivity contribution >= 4 is 40.0 Å². The number of hydrogen-bond donors (Lipinski definition) is 0. The van der Waals surface area contributed by atoms with E-state index in [1.54, 1.807) is 18.2 Å². The summed E-state index contributed by atoms with van der Waals surface area (Å²) in [7, 11) is -3.96. The minimum atomic E-state index is -3.96. The molecule has 25 heavy (non-hydrogen) atoms. The van der Waals surface area contributed by atoms with Gasteiger partial charge in [-0.15, -0.1) is 0 Å². The molecule has 0 aliphatic carbocycles. The zero-order chi connectivity index (χ0) is 17.7. The van der Waals surface area contributed by atoms with Crippen molar-refractivity contribution in [3.63, 3.8) is 0 Å². The van der Waals surface area contributed by atoms with Crippen LogP contribution in [0.5, 0.6) is 5.75 Å². The van der Waals surface area contributed by atoms with E-state index in [-0.39, 0.29) is 41.9 Å². The van der Waals surface area contributed by atoms with Gasteiger partial charge in [0.15, 0.2) is 0 Å². The third-order valence-corrected chi connectivity index (χ3v) is 4.77. The maximum absolute atomic E-state index is 11.7. The number of rotatable bonds is 14. The number of unbranched alkanes of at least 4 members (excludes halogenated alkanes) is 9. The van der Waals surface area contributed by atoms with Crippen LogP contribution < -0.4 is 4.18 Å². The molecule has 6 heteroatoms. The summed E-state index contributed by atoms with van der Waals surface area (Å²) in [5, 5.41) is 0. The first kappa shape index (κ1) is 24.9. The molecule has 1 rings (SSSR count). The standard InChI is InChI=1S/C19H32O4S.Na.H/c1-3-4-5-6-7-8-9-10-11-12-16-22-24(20,21)23-19-15-13-14-18(2)17-19;;/h13-15,17H,3-12,16H2,1-2H3;;. The van der Waals surface area contributed by atoms with Gasteiger partial charge in [0.2, 0.25) is 0 Å². The Labute approximate surface area is 176 Å². The van der Waals surface area contributed by atoms with Crippen molar-refractivity contribution in [1.82, 2.24) is 0 Å². The summed E-state index contributed by atoms with van der Waals surface area (Å²) < 4.78 is 33.3. The second-order valence-corrected chi connectivity index (χ2v) is 7.53. The molecule has 0 saturated heterocycles. The molecular formula is C19H33NaO4S. The predicted molar refractivity (Wildman–Crippen MR) is 106 cm³/mol. The zero-order valence-corrected chi connectivity index (χ0v) is 15.9. The van der Waals surface area contributed by atoms with Crippen LogP contribution in [0.15, 0.2) is 24.3 Å². The van der Waals surface area contributed by atoms with Crippen molar-refractivity contribution in [1.29, 1.82) is 0 Å². The molecule has 0 bridgehead atoms. The fourth-order valence-electron chi connectivity index (χ4n) is 2.56. The van der Waals surface area contributed by atoms with E-state index in [0.29, 0.717) is 0 Å². The van der Waals surface area contributed by atoms with Crippen LogP contribution in [-0.4, -0.2) is 44.6 Å². The Bertz CT molecular complexity index is 546. The van der Waals surface area contributed by atoms with Gasteiger partial charge in [-0.25, -0.2) is 4.18 Å². The summed E-state index contributed by atoms with van der Waals surface area (Å²) in [4.78, 5) is 0. The van der Waals surface area contributed by atoms with Crippen molar-refractivity contribution in [3.05, 3.63) is 29.8 Å². The first-order chi connectivity index (χ1) is 11.5. The first-order valence-electron chi connectivity index (χ1n) is 9.19. The quantitative estimate of drug-likeness (QED) is 0.340. The third-order valence-electron chi connectivity index (χ3n) is 3.91. The maximum atomic E-state index is 11.7. The Kier molecular flexibility index (Phi) is 15.0. The van der Waals surface area contributed by atoms with E-state index in [1.165, 1.54) is 44.9 Å². The topological polar surface area (TPSA) is 52.6 Å². The van der Waals surface area contributed by atoms with E-state index in [9.17, 15) is 8.42 Å². The molecule has 0 amide bonds. The Balaban J connectivity index is 0.00000576. The van der Waals surface area contributed by atoms with Crippen molar-refractivity contribution in [2.75, 3.05) is 6.61 Å². The average Bonchev–Trinajstić information content (AvgIpc) is 2.52. The molecule has 0 radical (unpaired) electrons. The third kappa shape index (κ3) is 13.8. The molecule has 140 valence electrons. The Morgan fingerprint density at radius 3 is 2.00 bits per heavy atom. The summed E-state index contributed by atoms with van der Waals surface area (Å²) in [6.07, 6.45) is 12.0. The Hall–Kier alpha value is -0.0700. The SMILES string of the molecule is CCCCCCCCCCCCOS(=O)(=O)Oc1cccc(C)c1.[NaH]. The Morgan fingerprint density at radius 1 is 0.880 bits per heavy atom. The van der Waals surface area contributed by atoms with Crippen LogP contribution in [0.4, 0.5) is 0 Å². The molecule has 0 spiro atoms. The number of aryl methyl sites for hydroxylation is 1. The van der Waals surface area contributed by atoms with Crippen LogP contribution in [0.1, 0.15) is 76.7 Å². The van der Waals surface area contributed by atoms with Crippen molar-refractivity contribution < 1.29 is 16.8 Å². The fourth-order valence-corrected chi connectivity index (χ4v) is 3.27. The van der Waals surface area contributed by atoms with Crippen LogP contribution >= 0.6 is 0 Å². The van der Waals surface area contributed by atoms with Crippen LogP contribution in [0.3, 0.4) is 0 Å². The van der Waals surface area contributed by atoms with Gasteiger partial charge in [0.25, 0.3) is 0 Å². The van der Waals surface area contributed by atoms with Gasteiger partial charge in [-0.2, -0.15) is 8.42 Å². The second kappa shape index (κ2) is 15.0. The van der Waals surface area contributed by atoms with Gasteiger partial charge in [0.05, 0.1) is 6.61 Å². The first-order valence-corrected chi connectivity index (χ1v) is 10.5. The number of hydrogen-bond acceptors (Lipinski definition) is 4. The van der Waals surface area contributed by atoms with Crippen molar-refractivity contribution in [2.24, 2.45) is 0 Å². The van der Waals surface area contributed by atoms with Crippen LogP contribution in [0, 0.1) is 6.92 Å². The van der Waals surface area contributed by atoms with Gasteiger partial charge in [0.1, 0.15) is 5.75 Å². The van der Waals surface area contributed by atoms with Gasteiger partial charge in [-0.1, -0.05) is 76.8 Å². The zero-order valence-electron chi connectivity index (χ0n) is 15.1. The number of benzene rings is 1. The van der Waals surface area contributed by atoms with Crippen LogP contribution in [0.2, 0.25) is 0 Å². The van der Waals surface area contributed by atoms with Gasteiger partial charge in [-0.05, 0) is 31.0 Å². The van der Waals surface area contributed by atoms with E-state index < -0.39 is 10.4 Å². The molecule has 0 aliphatic rings. The predicted octanol–water partition coefficient (Wildman–Crippen LogP) is 4.91. The monoisotopic (exact) mass is 380 g/mol. The van der Waals surface area contributed by atoms with Gasteiger partial charge < -0.3 is 4.18 Å². The molecule has 4 nitrogen and oxygen atoms in total. The van der Waals surface area contributed by atoms with E-state index in [2.05, 4.69) is 6.92 Å². The van der Waals surface area contributed by atoms with Gasteiger partial charge >= 0.3 is 40.0 Å². The normalized spacial score (nSPS) is 11.1. The van der Waals surface area contributed by atoms with E-state index in [0.717, 1.165) is 24.8 Å². The summed E-state index contributed by atoms with van der Waals surface area (Å²) in [5.74, 6) is 0.290. The van der Waals surface area contributed by atoms with E-state index in [4.69, 9.17) is 8.37 Å². The van der Waals surface area contributed by atoms with Gasteiger partial charge in [0, 0.05) is 0 Å². The van der Waals surface area contributed by atoms with Crippen LogP contribution in [0.25, 0.3) is 0 Å². The average molecular weight is 381 g/mol. The summed E-state index contributed by atoms with van der Waals surface area (Å²) >= 11 is 0. The molecule has 1 aromatic rings. The molecule has 0 unspecified atom stereocenters.